The average molecular weight is 502 g/mol. The highest BCUT2D eigenvalue weighted by molar-refractivity contribution is 5.43. The lowest BCUT2D eigenvalue weighted by atomic mass is 10.1. The van der Waals surface area contributed by atoms with Crippen LogP contribution in [0.1, 0.15) is 45.9 Å². The third-order valence-electron chi connectivity index (χ3n) is 5.42. The van der Waals surface area contributed by atoms with Crippen molar-refractivity contribution < 1.29 is 23.4 Å². The second-order valence-electron chi connectivity index (χ2n) is 10.5. The van der Waals surface area contributed by atoms with Crippen molar-refractivity contribution in [1.82, 2.24) is 14.7 Å². The summed E-state index contributed by atoms with van der Waals surface area (Å²) in [5.74, 6) is -0.887. The van der Waals surface area contributed by atoms with E-state index in [0.717, 1.165) is 23.4 Å². The minimum atomic E-state index is -0.798. The molecule has 1 atom stereocenters. The van der Waals surface area contributed by atoms with Crippen LogP contribution in [-0.4, -0.2) is 51.2 Å². The van der Waals surface area contributed by atoms with Gasteiger partial charge in [-0.25, -0.2) is 13.5 Å². The number of hydrogen-bond donors (Lipinski definition) is 1. The number of aromatic nitrogens is 2. The molecule has 6 nitrogen and oxygen atoms in total. The Bertz CT molecular complexity index is 1130. The van der Waals surface area contributed by atoms with Crippen molar-refractivity contribution in [2.45, 2.75) is 59.8 Å². The first kappa shape index (κ1) is 27.8. The van der Waals surface area contributed by atoms with Crippen LogP contribution in [0, 0.1) is 24.5 Å². The molecule has 196 valence electrons. The van der Waals surface area contributed by atoms with Crippen LogP contribution in [0.2, 0.25) is 0 Å². The van der Waals surface area contributed by atoms with E-state index in [9.17, 15) is 13.9 Å². The van der Waals surface area contributed by atoms with Crippen molar-refractivity contribution in [3.05, 3.63) is 71.4 Å². The second-order valence-corrected chi connectivity index (χ2v) is 10.5. The first-order chi connectivity index (χ1) is 16.9. The van der Waals surface area contributed by atoms with E-state index in [1.165, 1.54) is 6.07 Å². The average Bonchev–Trinajstić information content (AvgIpc) is 3.09. The van der Waals surface area contributed by atoms with Gasteiger partial charge in [0.15, 0.2) is 11.6 Å². The molecule has 0 aliphatic heterocycles. The Kier molecular flexibility index (Phi) is 9.22. The highest BCUT2D eigenvalue weighted by Gasteiger charge is 2.24. The number of nitrogens with zero attached hydrogens (tertiary/aromatic N) is 3. The van der Waals surface area contributed by atoms with Gasteiger partial charge in [-0.3, -0.25) is 4.90 Å². The molecular weight excluding hydrogens is 464 g/mol. The molecule has 0 saturated heterocycles. The molecule has 3 aromatic rings. The van der Waals surface area contributed by atoms with Crippen molar-refractivity contribution in [3.63, 3.8) is 0 Å². The number of aliphatic hydroxyl groups is 1. The Labute approximate surface area is 212 Å². The van der Waals surface area contributed by atoms with Gasteiger partial charge >= 0.3 is 0 Å². The SMILES string of the molecule is Cc1nn(-c2ccccc2)c(Oc2ccc(F)cc2F)c1CN(CC(C)C)C[C@H](O)COC(C)(C)C. The largest absolute Gasteiger partial charge is 0.435 e. The van der Waals surface area contributed by atoms with Crippen molar-refractivity contribution >= 4 is 0 Å². The number of halogens is 2. The van der Waals surface area contributed by atoms with E-state index in [0.29, 0.717) is 37.1 Å². The smallest absolute Gasteiger partial charge is 0.227 e. The summed E-state index contributed by atoms with van der Waals surface area (Å²) in [6.07, 6.45) is -0.689. The van der Waals surface area contributed by atoms with E-state index in [1.54, 1.807) is 4.68 Å². The summed E-state index contributed by atoms with van der Waals surface area (Å²) in [7, 11) is 0. The maximum Gasteiger partial charge on any atom is 0.227 e. The fraction of sp³-hybridized carbons (Fsp3) is 0.464. The standard InChI is InChI=1S/C28H37F2N3O3/c1-19(2)15-32(16-23(34)18-35-28(4,5)6)17-24-20(3)31-33(22-10-8-7-9-11-22)27(24)36-26-13-12-21(29)14-25(26)30/h7-14,19,23,34H,15-18H2,1-6H3/t23-/m0/s1. The number of ether oxygens (including phenoxy) is 2. The van der Waals surface area contributed by atoms with Crippen LogP contribution in [0.4, 0.5) is 8.78 Å². The summed E-state index contributed by atoms with van der Waals surface area (Å²) in [6, 6.07) is 12.6. The molecule has 3 rings (SSSR count). The topological polar surface area (TPSA) is 59.8 Å². The maximum atomic E-state index is 14.5. The minimum absolute atomic E-state index is 0.0937. The molecule has 0 bridgehead atoms. The van der Waals surface area contributed by atoms with E-state index in [4.69, 9.17) is 9.47 Å². The highest BCUT2D eigenvalue weighted by atomic mass is 19.1. The number of benzene rings is 2. The lowest BCUT2D eigenvalue weighted by Gasteiger charge is -2.28. The normalized spacial score (nSPS) is 13.0. The van der Waals surface area contributed by atoms with Crippen LogP contribution in [-0.2, 0) is 11.3 Å². The molecule has 1 heterocycles. The molecule has 0 spiro atoms. The molecule has 0 amide bonds. The van der Waals surface area contributed by atoms with E-state index in [2.05, 4.69) is 23.8 Å². The number of hydrogen-bond acceptors (Lipinski definition) is 5. The van der Waals surface area contributed by atoms with Gasteiger partial charge in [-0.15, -0.1) is 0 Å². The quantitative estimate of drug-likeness (QED) is 0.355. The van der Waals surface area contributed by atoms with E-state index >= 15 is 0 Å². The maximum absolute atomic E-state index is 14.5. The van der Waals surface area contributed by atoms with Gasteiger partial charge in [-0.1, -0.05) is 32.0 Å². The number of para-hydroxylation sites is 1. The van der Waals surface area contributed by atoms with E-state index in [1.807, 2.05) is 58.0 Å². The first-order valence-corrected chi connectivity index (χ1v) is 12.2. The van der Waals surface area contributed by atoms with Crippen molar-refractivity contribution in [2.24, 2.45) is 5.92 Å². The van der Waals surface area contributed by atoms with Gasteiger partial charge in [0, 0.05) is 25.7 Å². The minimum Gasteiger partial charge on any atom is -0.435 e. The molecule has 0 aliphatic carbocycles. The van der Waals surface area contributed by atoms with Gasteiger partial charge < -0.3 is 14.6 Å². The molecule has 0 unspecified atom stereocenters. The van der Waals surface area contributed by atoms with E-state index < -0.39 is 17.7 Å². The predicted octanol–water partition coefficient (Wildman–Crippen LogP) is 5.89. The zero-order chi connectivity index (χ0) is 26.5. The van der Waals surface area contributed by atoms with Crippen LogP contribution in [0.15, 0.2) is 48.5 Å². The second kappa shape index (κ2) is 12.0. The Morgan fingerprint density at radius 1 is 1.06 bits per heavy atom. The van der Waals surface area contributed by atoms with Crippen LogP contribution in [0.25, 0.3) is 5.69 Å². The summed E-state index contributed by atoms with van der Waals surface area (Å²) in [6.45, 7) is 13.7. The van der Waals surface area contributed by atoms with Crippen LogP contribution in [0.3, 0.4) is 0 Å². The highest BCUT2D eigenvalue weighted by Crippen LogP contribution is 2.33. The van der Waals surface area contributed by atoms with E-state index in [-0.39, 0.29) is 18.0 Å². The molecule has 1 N–H and O–H groups in total. The van der Waals surface area contributed by atoms with Crippen LogP contribution in [0.5, 0.6) is 11.6 Å². The Morgan fingerprint density at radius 2 is 1.75 bits per heavy atom. The van der Waals surface area contributed by atoms with Gasteiger partial charge in [0.05, 0.1) is 35.3 Å². The zero-order valence-electron chi connectivity index (χ0n) is 22.0. The lowest BCUT2D eigenvalue weighted by molar-refractivity contribution is -0.0573. The molecule has 0 saturated carbocycles. The predicted molar refractivity (Wildman–Crippen MR) is 137 cm³/mol. The van der Waals surface area contributed by atoms with Gasteiger partial charge in [0.1, 0.15) is 5.82 Å². The molecule has 1 aromatic heterocycles. The third-order valence-corrected chi connectivity index (χ3v) is 5.42. The molecule has 0 aliphatic rings. The summed E-state index contributed by atoms with van der Waals surface area (Å²) in [4.78, 5) is 2.12. The van der Waals surface area contributed by atoms with Crippen molar-refractivity contribution in [3.8, 4) is 17.3 Å². The fourth-order valence-corrected chi connectivity index (χ4v) is 3.87. The third kappa shape index (κ3) is 7.85. The summed E-state index contributed by atoms with van der Waals surface area (Å²) in [5, 5.41) is 15.4. The molecule has 2 aromatic carbocycles. The number of rotatable bonds is 11. The van der Waals surface area contributed by atoms with Gasteiger partial charge in [-0.2, -0.15) is 5.10 Å². The molecule has 0 fully saturated rings. The summed E-state index contributed by atoms with van der Waals surface area (Å²) >= 11 is 0. The van der Waals surface area contributed by atoms with Crippen molar-refractivity contribution in [1.29, 1.82) is 0 Å². The van der Waals surface area contributed by atoms with Crippen molar-refractivity contribution in [2.75, 3.05) is 19.7 Å². The monoisotopic (exact) mass is 501 g/mol. The van der Waals surface area contributed by atoms with Crippen LogP contribution < -0.4 is 4.74 Å². The first-order valence-electron chi connectivity index (χ1n) is 12.2. The number of aryl methyl sites for hydroxylation is 1. The Morgan fingerprint density at radius 3 is 2.36 bits per heavy atom. The van der Waals surface area contributed by atoms with Gasteiger partial charge in [0.25, 0.3) is 0 Å². The van der Waals surface area contributed by atoms with Gasteiger partial charge in [-0.05, 0) is 57.9 Å². The zero-order valence-corrected chi connectivity index (χ0v) is 22.0. The lowest BCUT2D eigenvalue weighted by Crippen LogP contribution is -2.38. The molecule has 8 heteroatoms. The Balaban J connectivity index is 1.96. The van der Waals surface area contributed by atoms with Crippen LogP contribution >= 0.6 is 0 Å². The number of aliphatic hydroxyl groups excluding tert-OH is 1. The fourth-order valence-electron chi connectivity index (χ4n) is 3.87. The summed E-state index contributed by atoms with van der Waals surface area (Å²) < 4.78 is 41.5. The van der Waals surface area contributed by atoms with Gasteiger partial charge in [0.2, 0.25) is 5.88 Å². The Hall–Kier alpha value is -2.81. The molecule has 36 heavy (non-hydrogen) atoms. The summed E-state index contributed by atoms with van der Waals surface area (Å²) in [5.41, 5.74) is 1.87. The molecule has 0 radical (unpaired) electrons. The molecular formula is C28H37F2N3O3.